The third kappa shape index (κ3) is 1.84. The molecule has 0 bridgehead atoms. The highest BCUT2D eigenvalue weighted by molar-refractivity contribution is 5.92. The Morgan fingerprint density at radius 2 is 2.21 bits per heavy atom. The Bertz CT molecular complexity index is 480. The molecule has 0 amide bonds. The lowest BCUT2D eigenvalue weighted by atomic mass is 9.85. The molecule has 0 saturated carbocycles. The molecule has 1 aliphatic carbocycles. The Hall–Kier alpha value is -1.79. The molecule has 1 aliphatic heterocycles. The Kier molecular flexibility index (Phi) is 2.95. The van der Waals surface area contributed by atoms with Crippen molar-refractivity contribution in [2.45, 2.75) is 31.2 Å². The maximum Gasteiger partial charge on any atom is 0.440 e. The number of esters is 2. The van der Waals surface area contributed by atoms with Crippen LogP contribution in [0.15, 0.2) is 24.3 Å². The van der Waals surface area contributed by atoms with Gasteiger partial charge in [0.1, 0.15) is 6.10 Å². The molecule has 1 fully saturated rings. The molecule has 0 N–H and O–H groups in total. The summed E-state index contributed by atoms with van der Waals surface area (Å²) < 4.78 is 49.0. The van der Waals surface area contributed by atoms with Gasteiger partial charge in [0.05, 0.1) is 5.92 Å². The second kappa shape index (κ2) is 4.11. The van der Waals surface area contributed by atoms with Crippen LogP contribution in [-0.2, 0) is 19.1 Å². The number of fused-ring (bicyclic) bond motifs is 1. The van der Waals surface area contributed by atoms with Crippen LogP contribution in [-0.4, -0.2) is 29.8 Å². The number of ether oxygens (including phenoxy) is 2. The highest BCUT2D eigenvalue weighted by Gasteiger charge is 2.75. The molecule has 0 aromatic rings. The highest BCUT2D eigenvalue weighted by Crippen LogP contribution is 2.50. The van der Waals surface area contributed by atoms with Gasteiger partial charge in [-0.05, 0) is 19.4 Å². The van der Waals surface area contributed by atoms with Gasteiger partial charge in [-0.2, -0.15) is 13.2 Å². The van der Waals surface area contributed by atoms with Crippen molar-refractivity contribution in [2.24, 2.45) is 5.92 Å². The molecule has 0 aromatic heterocycles. The molecule has 2 rings (SSSR count). The van der Waals surface area contributed by atoms with E-state index in [1.165, 1.54) is 19.1 Å². The minimum absolute atomic E-state index is 0.0423. The number of carbonyl (C=O) groups is 2. The Labute approximate surface area is 106 Å². The van der Waals surface area contributed by atoms with Gasteiger partial charge < -0.3 is 9.47 Å². The monoisotopic (exact) mass is 276 g/mol. The third-order valence-electron chi connectivity index (χ3n) is 3.20. The number of rotatable bonds is 2. The topological polar surface area (TPSA) is 52.6 Å². The van der Waals surface area contributed by atoms with Crippen molar-refractivity contribution in [3.05, 3.63) is 24.3 Å². The summed E-state index contributed by atoms with van der Waals surface area (Å²) >= 11 is 0. The van der Waals surface area contributed by atoms with E-state index in [-0.39, 0.29) is 12.0 Å². The molecule has 7 heteroatoms. The van der Waals surface area contributed by atoms with E-state index in [0.29, 0.717) is 0 Å². The molecule has 0 spiro atoms. The summed E-state index contributed by atoms with van der Waals surface area (Å²) in [5.41, 5.74) is -3.46. The third-order valence-corrected chi connectivity index (χ3v) is 3.20. The number of allylic oxidation sites excluding steroid dienone is 1. The fourth-order valence-electron chi connectivity index (χ4n) is 2.24. The van der Waals surface area contributed by atoms with E-state index in [1.54, 1.807) is 0 Å². The number of carbonyl (C=O) groups excluding carboxylic acids is 2. The van der Waals surface area contributed by atoms with Crippen LogP contribution in [0.3, 0.4) is 0 Å². The molecule has 1 heterocycles. The minimum atomic E-state index is -5.04. The van der Waals surface area contributed by atoms with Crippen LogP contribution in [0.1, 0.15) is 13.3 Å². The van der Waals surface area contributed by atoms with E-state index < -0.39 is 35.7 Å². The van der Waals surface area contributed by atoms with Crippen molar-refractivity contribution in [3.63, 3.8) is 0 Å². The van der Waals surface area contributed by atoms with Gasteiger partial charge in [0.2, 0.25) is 0 Å². The maximum atomic E-state index is 13.3. The van der Waals surface area contributed by atoms with Gasteiger partial charge in [0, 0.05) is 5.57 Å². The first-order valence-electron chi connectivity index (χ1n) is 5.53. The van der Waals surface area contributed by atoms with Crippen LogP contribution >= 0.6 is 0 Å². The zero-order valence-corrected chi connectivity index (χ0v) is 9.99. The molecular formula is C12H11F3O4. The van der Waals surface area contributed by atoms with Crippen molar-refractivity contribution in [1.82, 2.24) is 0 Å². The summed E-state index contributed by atoms with van der Waals surface area (Å²) in [5, 5.41) is 0. The predicted molar refractivity (Wildman–Crippen MR) is 56.8 cm³/mol. The highest BCUT2D eigenvalue weighted by atomic mass is 19.4. The van der Waals surface area contributed by atoms with Crippen LogP contribution in [0.5, 0.6) is 0 Å². The van der Waals surface area contributed by atoms with Crippen molar-refractivity contribution in [1.29, 1.82) is 0 Å². The van der Waals surface area contributed by atoms with Crippen molar-refractivity contribution in [3.8, 4) is 0 Å². The lowest BCUT2D eigenvalue weighted by molar-refractivity contribution is -0.269. The van der Waals surface area contributed by atoms with Crippen molar-refractivity contribution in [2.75, 3.05) is 0 Å². The molecule has 4 nitrogen and oxygen atoms in total. The van der Waals surface area contributed by atoms with Gasteiger partial charge in [-0.3, -0.25) is 0 Å². The summed E-state index contributed by atoms with van der Waals surface area (Å²) in [6, 6.07) is 0. The van der Waals surface area contributed by atoms with Crippen LogP contribution in [0.4, 0.5) is 13.2 Å². The van der Waals surface area contributed by atoms with Gasteiger partial charge in [-0.1, -0.05) is 12.7 Å². The molecule has 3 atom stereocenters. The zero-order chi connectivity index (χ0) is 14.4. The van der Waals surface area contributed by atoms with Crippen molar-refractivity contribution >= 4 is 11.9 Å². The smallest absolute Gasteiger partial charge is 0.440 e. The van der Waals surface area contributed by atoms with E-state index in [9.17, 15) is 22.8 Å². The average Bonchev–Trinajstić information content (AvgIpc) is 2.79. The largest absolute Gasteiger partial charge is 0.454 e. The summed E-state index contributed by atoms with van der Waals surface area (Å²) in [5.74, 6) is -4.11. The maximum absolute atomic E-state index is 13.3. The summed E-state index contributed by atoms with van der Waals surface area (Å²) in [6.07, 6.45) is -3.26. The standard InChI is InChI=1S/C12H11F3O4/c1-6(2)9(16)19-11(12(13,14)15)7-4-3-5-8(7)18-10(11)17/h3,5,7-8H,1,4H2,2H3. The van der Waals surface area contributed by atoms with Gasteiger partial charge in [0.25, 0.3) is 0 Å². The van der Waals surface area contributed by atoms with E-state index >= 15 is 0 Å². The Balaban J connectivity index is 2.44. The Morgan fingerprint density at radius 3 is 2.74 bits per heavy atom. The van der Waals surface area contributed by atoms with E-state index in [2.05, 4.69) is 16.1 Å². The first kappa shape index (κ1) is 13.6. The lowest BCUT2D eigenvalue weighted by Gasteiger charge is -2.31. The van der Waals surface area contributed by atoms with E-state index in [0.717, 1.165) is 0 Å². The first-order valence-corrected chi connectivity index (χ1v) is 5.53. The number of hydrogen-bond donors (Lipinski definition) is 0. The van der Waals surface area contributed by atoms with E-state index in [1.807, 2.05) is 0 Å². The average molecular weight is 276 g/mol. The SMILES string of the molecule is C=C(C)C(=O)OC1(C(F)(F)F)C(=O)OC2C=CCC21. The van der Waals surface area contributed by atoms with Gasteiger partial charge in [0.15, 0.2) is 0 Å². The fourth-order valence-corrected chi connectivity index (χ4v) is 2.24. The lowest BCUT2D eigenvalue weighted by Crippen LogP contribution is -2.57. The minimum Gasteiger partial charge on any atom is -0.454 e. The molecule has 0 aromatic carbocycles. The molecule has 104 valence electrons. The molecule has 1 saturated heterocycles. The molecule has 19 heavy (non-hydrogen) atoms. The van der Waals surface area contributed by atoms with Crippen molar-refractivity contribution < 1.29 is 32.2 Å². The molecule has 3 unspecified atom stereocenters. The molecule has 0 radical (unpaired) electrons. The van der Waals surface area contributed by atoms with Gasteiger partial charge in [-0.25, -0.2) is 9.59 Å². The second-order valence-electron chi connectivity index (χ2n) is 4.54. The fraction of sp³-hybridized carbons (Fsp3) is 0.500. The predicted octanol–water partition coefficient (Wildman–Crippen LogP) is 1.91. The quantitative estimate of drug-likeness (QED) is 0.439. The van der Waals surface area contributed by atoms with Crippen LogP contribution in [0.25, 0.3) is 0 Å². The summed E-state index contributed by atoms with van der Waals surface area (Å²) in [7, 11) is 0. The Morgan fingerprint density at radius 1 is 1.58 bits per heavy atom. The number of hydrogen-bond acceptors (Lipinski definition) is 4. The normalized spacial score (nSPS) is 32.9. The number of halogens is 3. The van der Waals surface area contributed by atoms with Crippen LogP contribution in [0, 0.1) is 5.92 Å². The van der Waals surface area contributed by atoms with Gasteiger partial charge >= 0.3 is 23.7 Å². The molecular weight excluding hydrogens is 265 g/mol. The van der Waals surface area contributed by atoms with Crippen LogP contribution in [0.2, 0.25) is 0 Å². The summed E-state index contributed by atoms with van der Waals surface area (Å²) in [4.78, 5) is 23.1. The van der Waals surface area contributed by atoms with Crippen LogP contribution < -0.4 is 0 Å². The van der Waals surface area contributed by atoms with Gasteiger partial charge in [-0.15, -0.1) is 0 Å². The van der Waals surface area contributed by atoms with E-state index in [4.69, 9.17) is 0 Å². The number of alkyl halides is 3. The summed E-state index contributed by atoms with van der Waals surface area (Å²) in [6.45, 7) is 4.42. The second-order valence-corrected chi connectivity index (χ2v) is 4.54. The zero-order valence-electron chi connectivity index (χ0n) is 9.99. The molecule has 2 aliphatic rings. The first-order chi connectivity index (χ1) is 8.70.